The lowest BCUT2D eigenvalue weighted by Crippen LogP contribution is -2.37. The van der Waals surface area contributed by atoms with E-state index in [-0.39, 0.29) is 18.3 Å². The average molecular weight is 202 g/mol. The summed E-state index contributed by atoms with van der Waals surface area (Å²) in [6.45, 7) is 4.28. The van der Waals surface area contributed by atoms with E-state index in [0.717, 1.165) is 0 Å². The van der Waals surface area contributed by atoms with Gasteiger partial charge < -0.3 is 24.1 Å². The van der Waals surface area contributed by atoms with Crippen LogP contribution in [0.4, 0.5) is 0 Å². The number of hydrogen-bond donors (Lipinski definition) is 1. The van der Waals surface area contributed by atoms with Gasteiger partial charge in [0.05, 0.1) is 6.61 Å². The number of aliphatic hydroxyl groups excluding tert-OH is 1. The van der Waals surface area contributed by atoms with Crippen LogP contribution in [0.3, 0.4) is 0 Å². The van der Waals surface area contributed by atoms with Gasteiger partial charge in [0.15, 0.2) is 12.1 Å². The summed E-state index contributed by atoms with van der Waals surface area (Å²) in [7, 11) is 0. The second-order valence-electron chi connectivity index (χ2n) is 4.43. The van der Waals surface area contributed by atoms with Gasteiger partial charge in [-0.1, -0.05) is 0 Å². The minimum atomic E-state index is -0.661. The molecule has 3 saturated heterocycles. The quantitative estimate of drug-likeness (QED) is 0.587. The first-order valence-corrected chi connectivity index (χ1v) is 4.88. The van der Waals surface area contributed by atoms with Gasteiger partial charge in [-0.25, -0.2) is 0 Å². The van der Waals surface area contributed by atoms with Crippen molar-refractivity contribution in [3.8, 4) is 0 Å². The Balaban J connectivity index is 1.74. The number of epoxide rings is 1. The van der Waals surface area contributed by atoms with Crippen LogP contribution in [0.25, 0.3) is 0 Å². The molecule has 14 heavy (non-hydrogen) atoms. The van der Waals surface area contributed by atoms with Crippen molar-refractivity contribution < 1.29 is 24.1 Å². The van der Waals surface area contributed by atoms with E-state index >= 15 is 0 Å². The van der Waals surface area contributed by atoms with Crippen molar-refractivity contribution in [2.24, 2.45) is 0 Å². The number of ether oxygens (including phenoxy) is 4. The van der Waals surface area contributed by atoms with Crippen LogP contribution in [0, 0.1) is 0 Å². The van der Waals surface area contributed by atoms with Gasteiger partial charge in [0, 0.05) is 0 Å². The Morgan fingerprint density at radius 1 is 1.21 bits per heavy atom. The topological polar surface area (TPSA) is 60.5 Å². The predicted octanol–water partition coefficient (Wildman–Crippen LogP) is -0.378. The van der Waals surface area contributed by atoms with Gasteiger partial charge in [0.2, 0.25) is 0 Å². The molecular formula is C9H14O5. The molecule has 5 heteroatoms. The third-order valence-electron chi connectivity index (χ3n) is 2.78. The maximum Gasteiger partial charge on any atom is 0.190 e. The molecule has 5 nitrogen and oxygen atoms in total. The van der Waals surface area contributed by atoms with Gasteiger partial charge in [0.1, 0.15) is 24.4 Å². The molecule has 3 heterocycles. The number of rotatable bonds is 1. The molecule has 0 saturated carbocycles. The summed E-state index contributed by atoms with van der Waals surface area (Å²) >= 11 is 0. The van der Waals surface area contributed by atoms with E-state index in [1.54, 1.807) is 0 Å². The van der Waals surface area contributed by atoms with Crippen LogP contribution in [0.5, 0.6) is 0 Å². The van der Waals surface area contributed by atoms with Crippen molar-refractivity contribution in [2.75, 3.05) is 6.61 Å². The Bertz CT molecular complexity index is 248. The zero-order valence-corrected chi connectivity index (χ0v) is 8.17. The first-order valence-electron chi connectivity index (χ1n) is 4.88. The Morgan fingerprint density at radius 3 is 2.50 bits per heavy atom. The fraction of sp³-hybridized carbons (Fsp3) is 1.00. The predicted molar refractivity (Wildman–Crippen MR) is 44.4 cm³/mol. The molecule has 0 radical (unpaired) electrons. The molecule has 3 fully saturated rings. The van der Waals surface area contributed by atoms with E-state index in [1.807, 2.05) is 13.8 Å². The highest BCUT2D eigenvalue weighted by Gasteiger charge is 2.58. The highest BCUT2D eigenvalue weighted by atomic mass is 16.8. The second-order valence-corrected chi connectivity index (χ2v) is 4.43. The van der Waals surface area contributed by atoms with E-state index in [0.29, 0.717) is 6.61 Å². The molecule has 3 aliphatic heterocycles. The zero-order chi connectivity index (χ0) is 9.92. The highest BCUT2D eigenvalue weighted by Crippen LogP contribution is 2.40. The smallest absolute Gasteiger partial charge is 0.190 e. The van der Waals surface area contributed by atoms with Crippen LogP contribution in [-0.2, 0) is 18.9 Å². The Kier molecular flexibility index (Phi) is 1.73. The number of fused-ring (bicyclic) bond motifs is 1. The van der Waals surface area contributed by atoms with Gasteiger partial charge in [-0.05, 0) is 13.8 Å². The van der Waals surface area contributed by atoms with Crippen LogP contribution >= 0.6 is 0 Å². The van der Waals surface area contributed by atoms with Crippen LogP contribution in [0.1, 0.15) is 13.8 Å². The van der Waals surface area contributed by atoms with Crippen molar-refractivity contribution in [1.82, 2.24) is 0 Å². The van der Waals surface area contributed by atoms with Gasteiger partial charge in [-0.3, -0.25) is 0 Å². The van der Waals surface area contributed by atoms with Gasteiger partial charge >= 0.3 is 0 Å². The summed E-state index contributed by atoms with van der Waals surface area (Å²) < 4.78 is 21.7. The van der Waals surface area contributed by atoms with Crippen LogP contribution in [0.15, 0.2) is 0 Å². The van der Waals surface area contributed by atoms with E-state index in [4.69, 9.17) is 18.9 Å². The Morgan fingerprint density at radius 2 is 1.93 bits per heavy atom. The zero-order valence-electron chi connectivity index (χ0n) is 8.17. The maximum absolute atomic E-state index is 9.89. The third-order valence-corrected chi connectivity index (χ3v) is 2.78. The summed E-state index contributed by atoms with van der Waals surface area (Å²) in [6, 6.07) is 0. The largest absolute Gasteiger partial charge is 0.387 e. The Hall–Kier alpha value is -0.200. The fourth-order valence-corrected chi connectivity index (χ4v) is 2.07. The molecule has 80 valence electrons. The first kappa shape index (κ1) is 9.06. The summed E-state index contributed by atoms with van der Waals surface area (Å²) in [5.74, 6) is -0.661. The molecule has 0 amide bonds. The van der Waals surface area contributed by atoms with E-state index in [1.165, 1.54) is 0 Å². The Labute approximate surface area is 81.9 Å². The molecule has 0 aromatic heterocycles. The summed E-state index contributed by atoms with van der Waals surface area (Å²) in [6.07, 6.45) is -1.74. The lowest BCUT2D eigenvalue weighted by Gasteiger charge is -2.21. The monoisotopic (exact) mass is 202 g/mol. The summed E-state index contributed by atoms with van der Waals surface area (Å²) in [5.41, 5.74) is 0. The van der Waals surface area contributed by atoms with E-state index in [2.05, 4.69) is 0 Å². The van der Waals surface area contributed by atoms with Crippen LogP contribution in [-0.4, -0.2) is 48.2 Å². The van der Waals surface area contributed by atoms with Crippen molar-refractivity contribution >= 4 is 0 Å². The van der Waals surface area contributed by atoms with E-state index in [9.17, 15) is 5.11 Å². The normalized spacial score (nSPS) is 54.6. The molecule has 1 N–H and O–H groups in total. The molecule has 0 unspecified atom stereocenters. The lowest BCUT2D eigenvalue weighted by molar-refractivity contribution is -0.216. The molecule has 0 aromatic rings. The minimum Gasteiger partial charge on any atom is -0.387 e. The molecule has 0 aromatic carbocycles. The van der Waals surface area contributed by atoms with Crippen molar-refractivity contribution in [2.45, 2.75) is 50.3 Å². The van der Waals surface area contributed by atoms with Crippen LogP contribution in [0.2, 0.25) is 0 Å². The molecule has 0 aliphatic carbocycles. The van der Waals surface area contributed by atoms with Crippen molar-refractivity contribution in [1.29, 1.82) is 0 Å². The summed E-state index contributed by atoms with van der Waals surface area (Å²) in [4.78, 5) is 0. The fourth-order valence-electron chi connectivity index (χ4n) is 2.07. The average Bonchev–Trinajstić information content (AvgIpc) is 2.81. The maximum atomic E-state index is 9.89. The molecule has 3 aliphatic rings. The standard InChI is InChI=1S/C9H14O5/c1-9(2)13-7-5(10)6(4-3-11-4)12-8(7)14-9/h4-8,10H,3H2,1-2H3/t4-,5-,6-,7+,8+/m0/s1. The SMILES string of the molecule is CC1(C)O[C@H]2O[C@@H]([C@@H]3CO3)[C@H](O)[C@H]2O1. The lowest BCUT2D eigenvalue weighted by atomic mass is 10.1. The van der Waals surface area contributed by atoms with E-state index < -0.39 is 18.2 Å². The van der Waals surface area contributed by atoms with Crippen LogP contribution < -0.4 is 0 Å². The first-order chi connectivity index (χ1) is 6.57. The van der Waals surface area contributed by atoms with Gasteiger partial charge in [-0.2, -0.15) is 0 Å². The van der Waals surface area contributed by atoms with Gasteiger partial charge in [-0.15, -0.1) is 0 Å². The number of aliphatic hydroxyl groups is 1. The molecule has 0 bridgehead atoms. The molecule has 0 spiro atoms. The van der Waals surface area contributed by atoms with Crippen molar-refractivity contribution in [3.05, 3.63) is 0 Å². The second kappa shape index (κ2) is 2.68. The van der Waals surface area contributed by atoms with Gasteiger partial charge in [0.25, 0.3) is 0 Å². The highest BCUT2D eigenvalue weighted by molar-refractivity contribution is 4.98. The third kappa shape index (κ3) is 1.28. The molecular weight excluding hydrogens is 188 g/mol. The number of hydrogen-bond acceptors (Lipinski definition) is 5. The van der Waals surface area contributed by atoms with Crippen molar-refractivity contribution in [3.63, 3.8) is 0 Å². The molecule has 5 atom stereocenters. The molecule has 3 rings (SSSR count). The minimum absolute atomic E-state index is 0.0194. The summed E-state index contributed by atoms with van der Waals surface area (Å²) in [5, 5.41) is 9.89.